The van der Waals surface area contributed by atoms with Gasteiger partial charge in [-0.2, -0.15) is 0 Å². The molecular weight excluding hydrogens is 380 g/mol. The number of sulfonamides is 1. The van der Waals surface area contributed by atoms with Crippen LogP contribution in [0.3, 0.4) is 0 Å². The summed E-state index contributed by atoms with van der Waals surface area (Å²) >= 11 is 0. The number of esters is 1. The standard InChI is InChI=1S/C15H18N4O7S/c1-3-26-15(20)12-9-18(10-16-12)7-6-17-27(23,24)14-5-4-11(25-2)8-13(14)19(21)22/h4-5,8-10,17H,3,6-7H2,1-2H3. The zero-order chi connectivity index (χ0) is 20.0. The number of nitrogens with one attached hydrogen (secondary N) is 1. The third-order valence-electron chi connectivity index (χ3n) is 3.43. The van der Waals surface area contributed by atoms with E-state index in [1.165, 1.54) is 30.3 Å². The van der Waals surface area contributed by atoms with Gasteiger partial charge in [-0.05, 0) is 19.1 Å². The van der Waals surface area contributed by atoms with Crippen molar-refractivity contribution >= 4 is 21.7 Å². The van der Waals surface area contributed by atoms with Crippen LogP contribution in [0.15, 0.2) is 35.6 Å². The molecule has 0 aliphatic carbocycles. The normalized spacial score (nSPS) is 11.2. The molecule has 0 amide bonds. The molecular formula is C15H18N4O7S. The molecule has 0 saturated heterocycles. The molecule has 12 heteroatoms. The van der Waals surface area contributed by atoms with Crippen molar-refractivity contribution in [2.24, 2.45) is 0 Å². The lowest BCUT2D eigenvalue weighted by atomic mass is 10.3. The van der Waals surface area contributed by atoms with Crippen molar-refractivity contribution in [1.82, 2.24) is 14.3 Å². The summed E-state index contributed by atoms with van der Waals surface area (Å²) in [5.74, 6) is -0.406. The summed E-state index contributed by atoms with van der Waals surface area (Å²) in [5, 5.41) is 11.2. The van der Waals surface area contributed by atoms with Gasteiger partial charge >= 0.3 is 5.97 Å². The van der Waals surface area contributed by atoms with Crippen molar-refractivity contribution in [3.63, 3.8) is 0 Å². The first-order valence-corrected chi connectivity index (χ1v) is 9.27. The third kappa shape index (κ3) is 5.01. The van der Waals surface area contributed by atoms with E-state index >= 15 is 0 Å². The molecule has 0 bridgehead atoms. The molecule has 2 rings (SSSR count). The summed E-state index contributed by atoms with van der Waals surface area (Å²) in [7, 11) is -2.80. The van der Waals surface area contributed by atoms with Gasteiger partial charge in [0.05, 0.1) is 31.0 Å². The predicted molar refractivity (Wildman–Crippen MR) is 93.0 cm³/mol. The van der Waals surface area contributed by atoms with Gasteiger partial charge in [0.15, 0.2) is 10.6 Å². The van der Waals surface area contributed by atoms with Crippen LogP contribution in [0.25, 0.3) is 0 Å². The molecule has 146 valence electrons. The number of nitro groups is 1. The Labute approximate surface area is 155 Å². The summed E-state index contributed by atoms with van der Waals surface area (Å²) in [5.41, 5.74) is -0.487. The zero-order valence-electron chi connectivity index (χ0n) is 14.6. The highest BCUT2D eigenvalue weighted by Gasteiger charge is 2.26. The first-order chi connectivity index (χ1) is 12.8. The molecule has 1 aromatic heterocycles. The molecule has 0 aliphatic rings. The van der Waals surface area contributed by atoms with Crippen LogP contribution >= 0.6 is 0 Å². The van der Waals surface area contributed by atoms with Gasteiger partial charge in [0, 0.05) is 19.3 Å². The fourth-order valence-corrected chi connectivity index (χ4v) is 3.35. The number of carbonyl (C=O) groups excluding carboxylic acids is 1. The molecule has 27 heavy (non-hydrogen) atoms. The molecule has 11 nitrogen and oxygen atoms in total. The lowest BCUT2D eigenvalue weighted by Gasteiger charge is -2.09. The molecule has 1 heterocycles. The second-order valence-electron chi connectivity index (χ2n) is 5.21. The maximum Gasteiger partial charge on any atom is 0.358 e. The van der Waals surface area contributed by atoms with Crippen LogP contribution in [-0.4, -0.2) is 49.1 Å². The molecule has 0 spiro atoms. The van der Waals surface area contributed by atoms with Crippen LogP contribution in [0, 0.1) is 10.1 Å². The minimum absolute atomic E-state index is 0.0653. The second-order valence-corrected chi connectivity index (χ2v) is 6.94. The van der Waals surface area contributed by atoms with Gasteiger partial charge in [-0.1, -0.05) is 0 Å². The zero-order valence-corrected chi connectivity index (χ0v) is 15.4. The van der Waals surface area contributed by atoms with Gasteiger partial charge < -0.3 is 14.0 Å². The van der Waals surface area contributed by atoms with Crippen molar-refractivity contribution < 1.29 is 27.6 Å². The molecule has 0 saturated carbocycles. The van der Waals surface area contributed by atoms with Crippen LogP contribution < -0.4 is 9.46 Å². The Kier molecular flexibility index (Phi) is 6.47. The number of hydrogen-bond acceptors (Lipinski definition) is 8. The largest absolute Gasteiger partial charge is 0.497 e. The monoisotopic (exact) mass is 398 g/mol. The van der Waals surface area contributed by atoms with Gasteiger partial charge in [0.1, 0.15) is 5.75 Å². The molecule has 1 N–H and O–H groups in total. The van der Waals surface area contributed by atoms with Gasteiger partial charge in [-0.15, -0.1) is 0 Å². The number of carbonyl (C=O) groups is 1. The van der Waals surface area contributed by atoms with Gasteiger partial charge in [0.25, 0.3) is 5.69 Å². The fraction of sp³-hybridized carbons (Fsp3) is 0.333. The quantitative estimate of drug-likeness (QED) is 0.374. The Balaban J connectivity index is 2.07. The molecule has 0 atom stereocenters. The van der Waals surface area contributed by atoms with Crippen molar-refractivity contribution in [2.75, 3.05) is 20.3 Å². The maximum atomic E-state index is 12.4. The van der Waals surface area contributed by atoms with E-state index in [-0.39, 0.29) is 31.1 Å². The number of rotatable bonds is 9. The van der Waals surface area contributed by atoms with Crippen molar-refractivity contribution in [2.45, 2.75) is 18.4 Å². The minimum atomic E-state index is -4.12. The lowest BCUT2D eigenvalue weighted by molar-refractivity contribution is -0.387. The van der Waals surface area contributed by atoms with E-state index in [2.05, 4.69) is 9.71 Å². The highest BCUT2D eigenvalue weighted by molar-refractivity contribution is 7.89. The first kappa shape index (κ1) is 20.3. The van der Waals surface area contributed by atoms with E-state index in [9.17, 15) is 23.3 Å². The predicted octanol–water partition coefficient (Wildman–Crippen LogP) is 0.955. The van der Waals surface area contributed by atoms with E-state index in [0.29, 0.717) is 0 Å². The highest BCUT2D eigenvalue weighted by atomic mass is 32.2. The van der Waals surface area contributed by atoms with Gasteiger partial charge in [-0.25, -0.2) is 22.9 Å². The van der Waals surface area contributed by atoms with E-state index in [1.54, 1.807) is 6.92 Å². The van der Waals surface area contributed by atoms with E-state index < -0.39 is 31.5 Å². The van der Waals surface area contributed by atoms with E-state index in [0.717, 1.165) is 12.1 Å². The second kappa shape index (κ2) is 8.60. The lowest BCUT2D eigenvalue weighted by Crippen LogP contribution is -2.27. The summed E-state index contributed by atoms with van der Waals surface area (Å²) < 4.78 is 38.3. The van der Waals surface area contributed by atoms with Crippen LogP contribution in [-0.2, 0) is 21.3 Å². The SMILES string of the molecule is CCOC(=O)c1cn(CCNS(=O)(=O)c2ccc(OC)cc2[N+](=O)[O-])cn1. The van der Waals surface area contributed by atoms with Gasteiger partial charge in [-0.3, -0.25) is 10.1 Å². The Morgan fingerprint density at radius 3 is 2.78 bits per heavy atom. The molecule has 1 aromatic carbocycles. The Bertz CT molecular complexity index is 939. The highest BCUT2D eigenvalue weighted by Crippen LogP contribution is 2.28. The average molecular weight is 398 g/mol. The number of imidazole rings is 1. The molecule has 0 radical (unpaired) electrons. The number of hydrogen-bond donors (Lipinski definition) is 1. The van der Waals surface area contributed by atoms with Crippen LogP contribution in [0.5, 0.6) is 5.75 Å². The smallest absolute Gasteiger partial charge is 0.358 e. The third-order valence-corrected chi connectivity index (χ3v) is 4.94. The summed E-state index contributed by atoms with van der Waals surface area (Å²) in [4.78, 5) is 25.3. The van der Waals surface area contributed by atoms with Crippen LogP contribution in [0.4, 0.5) is 5.69 Å². The van der Waals surface area contributed by atoms with Crippen molar-refractivity contribution in [1.29, 1.82) is 0 Å². The molecule has 0 fully saturated rings. The number of benzene rings is 1. The molecule has 0 unspecified atom stereocenters. The first-order valence-electron chi connectivity index (χ1n) is 7.79. The van der Waals surface area contributed by atoms with Gasteiger partial charge in [0.2, 0.25) is 10.0 Å². The number of nitro benzene ring substituents is 1. The molecule has 2 aromatic rings. The average Bonchev–Trinajstić information content (AvgIpc) is 3.10. The van der Waals surface area contributed by atoms with E-state index in [1.807, 2.05) is 0 Å². The number of aromatic nitrogens is 2. The summed E-state index contributed by atoms with van der Waals surface area (Å²) in [6.07, 6.45) is 2.78. The van der Waals surface area contributed by atoms with Crippen molar-refractivity contribution in [3.05, 3.63) is 46.5 Å². The maximum absolute atomic E-state index is 12.4. The van der Waals surface area contributed by atoms with Crippen molar-refractivity contribution in [3.8, 4) is 5.75 Å². The Hall–Kier alpha value is -2.99. The van der Waals surface area contributed by atoms with Crippen LogP contribution in [0.1, 0.15) is 17.4 Å². The summed E-state index contributed by atoms with van der Waals surface area (Å²) in [6, 6.07) is 3.47. The molecule has 0 aliphatic heterocycles. The Morgan fingerprint density at radius 1 is 1.41 bits per heavy atom. The number of nitrogens with zero attached hydrogens (tertiary/aromatic N) is 3. The fourth-order valence-electron chi connectivity index (χ4n) is 2.17. The summed E-state index contributed by atoms with van der Waals surface area (Å²) in [6.45, 7) is 1.98. The van der Waals surface area contributed by atoms with E-state index in [4.69, 9.17) is 9.47 Å². The number of methoxy groups -OCH3 is 1. The van der Waals surface area contributed by atoms with Crippen LogP contribution in [0.2, 0.25) is 0 Å². The Morgan fingerprint density at radius 2 is 2.15 bits per heavy atom. The topological polar surface area (TPSA) is 143 Å². The minimum Gasteiger partial charge on any atom is -0.497 e. The number of ether oxygens (including phenoxy) is 2.